The number of hydrogen-bond donors (Lipinski definition) is 2. The molecule has 0 spiro atoms. The first-order valence-corrected chi connectivity index (χ1v) is 12.3. The number of imide groups is 1. The van der Waals surface area contributed by atoms with Gasteiger partial charge in [0.2, 0.25) is 0 Å². The predicted octanol–water partition coefficient (Wildman–Crippen LogP) is 6.01. The van der Waals surface area contributed by atoms with Crippen molar-refractivity contribution in [3.63, 3.8) is 0 Å². The minimum absolute atomic E-state index is 0.0621. The number of carbonyl (C=O) groups excluding carboxylic acids is 2. The lowest BCUT2D eigenvalue weighted by Gasteiger charge is -2.43. The van der Waals surface area contributed by atoms with E-state index < -0.39 is 17.3 Å². The van der Waals surface area contributed by atoms with Crippen LogP contribution < -0.4 is 5.43 Å². The van der Waals surface area contributed by atoms with Crippen LogP contribution in [-0.2, 0) is 15.0 Å². The van der Waals surface area contributed by atoms with Crippen molar-refractivity contribution in [3.05, 3.63) is 118 Å². The van der Waals surface area contributed by atoms with Crippen LogP contribution in [-0.4, -0.2) is 21.9 Å². The number of hydrogen-bond acceptors (Lipinski definition) is 4. The molecule has 0 bridgehead atoms. The maximum absolute atomic E-state index is 14.5. The molecule has 0 aromatic heterocycles. The molecular weight excluding hydrogens is 504 g/mol. The molecule has 1 saturated heterocycles. The summed E-state index contributed by atoms with van der Waals surface area (Å²) in [5, 5.41) is 12.1. The molecule has 5 nitrogen and oxygen atoms in total. The number of anilines is 1. The van der Waals surface area contributed by atoms with E-state index >= 15 is 0 Å². The van der Waals surface area contributed by atoms with Crippen LogP contribution in [0.25, 0.3) is 0 Å². The number of amides is 2. The molecule has 2 aliphatic rings. The number of hydrazine groups is 1. The molecule has 3 aromatic carbocycles. The van der Waals surface area contributed by atoms with Crippen LogP contribution in [0.4, 0.5) is 5.69 Å². The normalized spacial score (nSPS) is 23.6. The van der Waals surface area contributed by atoms with Crippen LogP contribution in [0, 0.1) is 12.8 Å². The van der Waals surface area contributed by atoms with Crippen molar-refractivity contribution in [3.8, 4) is 5.75 Å². The Kier molecular flexibility index (Phi) is 5.85. The molecule has 1 heterocycles. The molecular formula is C29H25BrN2O3. The Morgan fingerprint density at radius 2 is 1.80 bits per heavy atom. The number of rotatable bonds is 5. The molecule has 5 rings (SSSR count). The summed E-state index contributed by atoms with van der Waals surface area (Å²) >= 11 is 3.51. The molecule has 176 valence electrons. The number of carbonyl (C=O) groups is 2. The topological polar surface area (TPSA) is 69.6 Å². The molecule has 1 aliphatic carbocycles. The maximum Gasteiger partial charge on any atom is 0.260 e. The van der Waals surface area contributed by atoms with Gasteiger partial charge in [-0.1, -0.05) is 82.7 Å². The third-order valence-corrected chi connectivity index (χ3v) is 7.58. The lowest BCUT2D eigenvalue weighted by atomic mass is 9.56. The Morgan fingerprint density at radius 3 is 2.49 bits per heavy atom. The third kappa shape index (κ3) is 3.60. The number of nitrogens with zero attached hydrogens (tertiary/aromatic N) is 1. The van der Waals surface area contributed by atoms with Gasteiger partial charge in [0.1, 0.15) is 5.75 Å². The van der Waals surface area contributed by atoms with Crippen molar-refractivity contribution in [1.82, 2.24) is 5.01 Å². The zero-order valence-electron chi connectivity index (χ0n) is 19.2. The fourth-order valence-electron chi connectivity index (χ4n) is 5.48. The van der Waals surface area contributed by atoms with E-state index in [2.05, 4.69) is 27.9 Å². The van der Waals surface area contributed by atoms with Crippen molar-refractivity contribution < 1.29 is 14.7 Å². The number of halogens is 1. The molecule has 35 heavy (non-hydrogen) atoms. The van der Waals surface area contributed by atoms with Crippen molar-refractivity contribution in [1.29, 1.82) is 0 Å². The summed E-state index contributed by atoms with van der Waals surface area (Å²) in [5.41, 5.74) is 5.63. The van der Waals surface area contributed by atoms with Gasteiger partial charge >= 0.3 is 0 Å². The van der Waals surface area contributed by atoms with E-state index in [0.29, 0.717) is 17.7 Å². The summed E-state index contributed by atoms with van der Waals surface area (Å²) in [6, 6.07) is 22.1. The van der Waals surface area contributed by atoms with Crippen LogP contribution in [0.2, 0.25) is 0 Å². The Hall–Kier alpha value is -3.64. The molecule has 0 radical (unpaired) electrons. The van der Waals surface area contributed by atoms with Crippen molar-refractivity contribution in [2.45, 2.75) is 24.7 Å². The van der Waals surface area contributed by atoms with E-state index in [0.717, 1.165) is 26.2 Å². The number of benzene rings is 3. The summed E-state index contributed by atoms with van der Waals surface area (Å²) < 4.78 is 0.769. The molecule has 6 heteroatoms. The largest absolute Gasteiger partial charge is 0.508 e. The number of aryl methyl sites for hydroxylation is 1. The summed E-state index contributed by atoms with van der Waals surface area (Å²) in [4.78, 5) is 28.3. The van der Waals surface area contributed by atoms with Gasteiger partial charge in [-0.05, 0) is 54.8 Å². The molecule has 1 aliphatic heterocycles. The monoisotopic (exact) mass is 528 g/mol. The van der Waals surface area contributed by atoms with Crippen LogP contribution >= 0.6 is 15.9 Å². The highest BCUT2D eigenvalue weighted by Gasteiger charge is 2.66. The zero-order chi connectivity index (χ0) is 24.7. The molecule has 2 amide bonds. The highest BCUT2D eigenvalue weighted by molar-refractivity contribution is 9.10. The van der Waals surface area contributed by atoms with Gasteiger partial charge in [0, 0.05) is 16.0 Å². The van der Waals surface area contributed by atoms with Crippen LogP contribution in [0.15, 0.2) is 102 Å². The van der Waals surface area contributed by atoms with E-state index in [1.54, 1.807) is 18.2 Å². The molecule has 1 fully saturated rings. The second-order valence-electron chi connectivity index (χ2n) is 9.02. The number of fused-ring (bicyclic) bond motifs is 1. The summed E-state index contributed by atoms with van der Waals surface area (Å²) in [6.45, 7) is 5.98. The number of aromatic hydroxyl groups is 1. The van der Waals surface area contributed by atoms with Gasteiger partial charge in [0.25, 0.3) is 11.8 Å². The summed E-state index contributed by atoms with van der Waals surface area (Å²) in [7, 11) is 0. The van der Waals surface area contributed by atoms with Gasteiger partial charge in [-0.15, -0.1) is 0 Å². The lowest BCUT2D eigenvalue weighted by Crippen LogP contribution is -2.48. The molecule has 0 saturated carbocycles. The van der Waals surface area contributed by atoms with E-state index in [-0.39, 0.29) is 17.6 Å². The third-order valence-electron chi connectivity index (χ3n) is 7.08. The number of phenolic OH excluding ortho intramolecular Hbond substituents is 1. The number of nitrogens with one attached hydrogen (secondary N) is 1. The highest BCUT2D eigenvalue weighted by atomic mass is 79.9. The highest BCUT2D eigenvalue weighted by Crippen LogP contribution is 2.58. The van der Waals surface area contributed by atoms with Crippen LogP contribution in [0.3, 0.4) is 0 Å². The van der Waals surface area contributed by atoms with Gasteiger partial charge in [-0.3, -0.25) is 15.0 Å². The molecule has 3 unspecified atom stereocenters. The average Bonchev–Trinajstić information content (AvgIpc) is 3.09. The van der Waals surface area contributed by atoms with Gasteiger partial charge in [-0.25, -0.2) is 0 Å². The van der Waals surface area contributed by atoms with Crippen molar-refractivity contribution in [2.75, 3.05) is 5.43 Å². The minimum atomic E-state index is -1.26. The summed E-state index contributed by atoms with van der Waals surface area (Å²) in [5.74, 6) is -1.84. The van der Waals surface area contributed by atoms with Crippen molar-refractivity contribution in [2.24, 2.45) is 5.92 Å². The molecule has 3 atom stereocenters. The fraction of sp³-hybridized carbons (Fsp3) is 0.172. The standard InChI is InChI=1S/C29H25BrN2O3/c1-3-19-11-15-24-27(34)32(31-22-13-9-18(2)10-14-22)28(35)29(24,20-7-5-4-6-8-20)26(19)23-17-21(30)12-16-25(23)33/h3-14,16-17,24,26,31,33H,1,15H2,2H3. The van der Waals surface area contributed by atoms with E-state index in [1.807, 2.05) is 73.7 Å². The fourth-order valence-corrected chi connectivity index (χ4v) is 5.86. The molecule has 3 aromatic rings. The van der Waals surface area contributed by atoms with E-state index in [4.69, 9.17) is 0 Å². The first kappa shape index (κ1) is 23.1. The van der Waals surface area contributed by atoms with E-state index in [9.17, 15) is 14.7 Å². The first-order valence-electron chi connectivity index (χ1n) is 11.5. The Bertz CT molecular complexity index is 1350. The SMILES string of the molecule is C=CC1=CCC2C(=O)N(Nc3ccc(C)cc3)C(=O)C2(c2ccccc2)C1c1cc(Br)ccc1O. The minimum Gasteiger partial charge on any atom is -0.508 e. The van der Waals surface area contributed by atoms with Gasteiger partial charge in [0.05, 0.1) is 17.0 Å². The first-order chi connectivity index (χ1) is 16.9. The maximum atomic E-state index is 14.5. The molecule has 2 N–H and O–H groups in total. The second-order valence-corrected chi connectivity index (χ2v) is 9.94. The number of allylic oxidation sites excluding steroid dienone is 3. The zero-order valence-corrected chi connectivity index (χ0v) is 20.8. The van der Waals surface area contributed by atoms with Crippen molar-refractivity contribution >= 4 is 33.4 Å². The second kappa shape index (κ2) is 8.86. The van der Waals surface area contributed by atoms with Crippen LogP contribution in [0.5, 0.6) is 5.75 Å². The Balaban J connectivity index is 1.74. The summed E-state index contributed by atoms with van der Waals surface area (Å²) in [6.07, 6.45) is 4.07. The number of phenols is 1. The van der Waals surface area contributed by atoms with Gasteiger partial charge in [-0.2, -0.15) is 5.01 Å². The van der Waals surface area contributed by atoms with E-state index in [1.165, 1.54) is 0 Å². The van der Waals surface area contributed by atoms with Gasteiger partial charge < -0.3 is 5.11 Å². The Morgan fingerprint density at radius 1 is 1.09 bits per heavy atom. The average molecular weight is 529 g/mol. The quantitative estimate of drug-likeness (QED) is 0.397. The smallest absolute Gasteiger partial charge is 0.260 e. The van der Waals surface area contributed by atoms with Crippen LogP contribution in [0.1, 0.15) is 29.0 Å². The lowest BCUT2D eigenvalue weighted by molar-refractivity contribution is -0.138. The predicted molar refractivity (Wildman–Crippen MR) is 140 cm³/mol. The van der Waals surface area contributed by atoms with Gasteiger partial charge in [0.15, 0.2) is 0 Å². The Labute approximate surface area is 212 Å².